The van der Waals surface area contributed by atoms with Gasteiger partial charge in [0.1, 0.15) is 12.1 Å². The molecule has 0 radical (unpaired) electrons. The summed E-state index contributed by atoms with van der Waals surface area (Å²) in [6.45, 7) is 1.53. The first-order valence-corrected chi connectivity index (χ1v) is 6.89. The number of amides is 1. The second-order valence-electron chi connectivity index (χ2n) is 4.41. The Labute approximate surface area is 105 Å². The van der Waals surface area contributed by atoms with Crippen molar-refractivity contribution in [3.05, 3.63) is 22.4 Å². The van der Waals surface area contributed by atoms with Gasteiger partial charge in [-0.15, -0.1) is 0 Å². The number of nitrogens with two attached hydrogens (primary N) is 1. The lowest BCUT2D eigenvalue weighted by Crippen LogP contribution is -2.48. The van der Waals surface area contributed by atoms with E-state index in [-0.39, 0.29) is 5.91 Å². The molecule has 1 aliphatic rings. The molecule has 2 atom stereocenters. The highest BCUT2D eigenvalue weighted by atomic mass is 32.1. The molecule has 94 valence electrons. The number of nitrogens with zero attached hydrogens (tertiary/aromatic N) is 1. The molecule has 2 rings (SSSR count). The maximum absolute atomic E-state index is 12.1. The van der Waals surface area contributed by atoms with Crippen molar-refractivity contribution in [2.24, 2.45) is 5.73 Å². The van der Waals surface area contributed by atoms with E-state index >= 15 is 0 Å². The van der Waals surface area contributed by atoms with Crippen molar-refractivity contribution in [1.29, 1.82) is 0 Å². The Morgan fingerprint density at radius 3 is 2.71 bits per heavy atom. The number of carbonyl (C=O) groups excluding carboxylic acids is 1. The zero-order valence-corrected chi connectivity index (χ0v) is 10.5. The van der Waals surface area contributed by atoms with Gasteiger partial charge in [-0.25, -0.2) is 0 Å². The summed E-state index contributed by atoms with van der Waals surface area (Å²) in [5, 5.41) is 13.7. The van der Waals surface area contributed by atoms with E-state index in [2.05, 4.69) is 0 Å². The van der Waals surface area contributed by atoms with Crippen LogP contribution >= 0.6 is 11.3 Å². The molecule has 1 aliphatic heterocycles. The van der Waals surface area contributed by atoms with Crippen LogP contribution in [0.2, 0.25) is 0 Å². The molecule has 1 saturated heterocycles. The van der Waals surface area contributed by atoms with Crippen LogP contribution in [0, 0.1) is 0 Å². The molecule has 1 fully saturated rings. The molecule has 0 aromatic carbocycles. The minimum absolute atomic E-state index is 0.136. The Morgan fingerprint density at radius 1 is 1.41 bits per heavy atom. The maximum atomic E-state index is 12.1. The molecule has 17 heavy (non-hydrogen) atoms. The highest BCUT2D eigenvalue weighted by Gasteiger charge is 2.29. The van der Waals surface area contributed by atoms with Crippen LogP contribution in [-0.2, 0) is 4.79 Å². The molecule has 3 N–H and O–H groups in total. The first-order valence-electron chi connectivity index (χ1n) is 5.94. The van der Waals surface area contributed by atoms with Crippen molar-refractivity contribution in [2.75, 3.05) is 13.1 Å². The molecule has 0 saturated carbocycles. The van der Waals surface area contributed by atoms with Crippen molar-refractivity contribution in [3.8, 4) is 0 Å². The lowest BCUT2D eigenvalue weighted by atomic mass is 10.0. The zero-order valence-electron chi connectivity index (χ0n) is 9.71. The molecular formula is C12H18N2O2S. The Bertz CT molecular complexity index is 361. The van der Waals surface area contributed by atoms with Crippen molar-refractivity contribution in [1.82, 2.24) is 4.90 Å². The summed E-state index contributed by atoms with van der Waals surface area (Å²) >= 11 is 1.49. The van der Waals surface area contributed by atoms with Crippen LogP contribution in [0.5, 0.6) is 0 Å². The Balaban J connectivity index is 1.98. The Morgan fingerprint density at radius 2 is 2.12 bits per heavy atom. The SMILES string of the molecule is NC(C(=O)N1CCCCC1)C(O)c1ccsc1. The van der Waals surface area contributed by atoms with Gasteiger partial charge in [-0.2, -0.15) is 11.3 Å². The lowest BCUT2D eigenvalue weighted by molar-refractivity contribution is -0.136. The normalized spacial score (nSPS) is 20.0. The van der Waals surface area contributed by atoms with E-state index in [0.717, 1.165) is 31.5 Å². The monoisotopic (exact) mass is 254 g/mol. The number of aliphatic hydroxyl groups excluding tert-OH is 1. The molecule has 2 unspecified atom stereocenters. The van der Waals surface area contributed by atoms with Gasteiger partial charge in [0.15, 0.2) is 0 Å². The second-order valence-corrected chi connectivity index (χ2v) is 5.19. The van der Waals surface area contributed by atoms with Crippen LogP contribution in [0.15, 0.2) is 16.8 Å². The molecule has 1 aromatic rings. The summed E-state index contributed by atoms with van der Waals surface area (Å²) in [6, 6.07) is 0.960. The molecule has 0 spiro atoms. The molecule has 2 heterocycles. The fourth-order valence-electron chi connectivity index (χ4n) is 2.11. The lowest BCUT2D eigenvalue weighted by Gasteiger charge is -2.30. The number of hydrogen-bond acceptors (Lipinski definition) is 4. The van der Waals surface area contributed by atoms with Crippen molar-refractivity contribution in [2.45, 2.75) is 31.4 Å². The second kappa shape index (κ2) is 5.62. The van der Waals surface area contributed by atoms with Gasteiger partial charge in [0.05, 0.1) is 0 Å². The molecule has 0 bridgehead atoms. The number of hydrogen-bond donors (Lipinski definition) is 2. The van der Waals surface area contributed by atoms with Gasteiger partial charge in [-0.1, -0.05) is 0 Å². The smallest absolute Gasteiger partial charge is 0.242 e. The summed E-state index contributed by atoms with van der Waals surface area (Å²) in [4.78, 5) is 13.8. The van der Waals surface area contributed by atoms with Crippen LogP contribution in [0.4, 0.5) is 0 Å². The Kier molecular flexibility index (Phi) is 4.15. The quantitative estimate of drug-likeness (QED) is 0.849. The third-order valence-corrected chi connectivity index (χ3v) is 3.88. The van der Waals surface area contributed by atoms with E-state index < -0.39 is 12.1 Å². The molecule has 0 aliphatic carbocycles. The van der Waals surface area contributed by atoms with Gasteiger partial charge in [-0.05, 0) is 41.7 Å². The summed E-state index contributed by atoms with van der Waals surface area (Å²) in [6.07, 6.45) is 2.35. The predicted molar refractivity (Wildman–Crippen MR) is 67.7 cm³/mol. The summed E-state index contributed by atoms with van der Waals surface area (Å²) in [5.41, 5.74) is 6.58. The van der Waals surface area contributed by atoms with Gasteiger partial charge < -0.3 is 15.7 Å². The highest BCUT2D eigenvalue weighted by Crippen LogP contribution is 2.20. The van der Waals surface area contributed by atoms with Crippen LogP contribution in [0.25, 0.3) is 0 Å². The average molecular weight is 254 g/mol. The van der Waals surface area contributed by atoms with Crippen LogP contribution < -0.4 is 5.73 Å². The van der Waals surface area contributed by atoms with Crippen molar-refractivity contribution in [3.63, 3.8) is 0 Å². The van der Waals surface area contributed by atoms with Crippen LogP contribution in [-0.4, -0.2) is 35.0 Å². The fourth-order valence-corrected chi connectivity index (χ4v) is 2.80. The molecule has 5 heteroatoms. The molecule has 1 amide bonds. The zero-order chi connectivity index (χ0) is 12.3. The molecule has 1 aromatic heterocycles. The van der Waals surface area contributed by atoms with Crippen LogP contribution in [0.3, 0.4) is 0 Å². The van der Waals surface area contributed by atoms with Gasteiger partial charge in [0.25, 0.3) is 0 Å². The highest BCUT2D eigenvalue weighted by molar-refractivity contribution is 7.07. The standard InChI is InChI=1S/C12H18N2O2S/c13-10(11(15)9-4-7-17-8-9)12(16)14-5-2-1-3-6-14/h4,7-8,10-11,15H,1-3,5-6,13H2. The molecular weight excluding hydrogens is 236 g/mol. The van der Waals surface area contributed by atoms with Crippen molar-refractivity contribution < 1.29 is 9.90 Å². The number of piperidine rings is 1. The van der Waals surface area contributed by atoms with Gasteiger partial charge in [0, 0.05) is 13.1 Å². The fraction of sp³-hybridized carbons (Fsp3) is 0.583. The van der Waals surface area contributed by atoms with E-state index in [0.29, 0.717) is 0 Å². The number of likely N-dealkylation sites (tertiary alicyclic amines) is 1. The summed E-state index contributed by atoms with van der Waals surface area (Å²) in [7, 11) is 0. The van der Waals surface area contributed by atoms with E-state index in [1.165, 1.54) is 17.8 Å². The van der Waals surface area contributed by atoms with E-state index in [9.17, 15) is 9.90 Å². The van der Waals surface area contributed by atoms with Gasteiger partial charge in [-0.3, -0.25) is 4.79 Å². The first kappa shape index (κ1) is 12.5. The number of aliphatic hydroxyl groups is 1. The number of rotatable bonds is 3. The Hall–Kier alpha value is -0.910. The first-order chi connectivity index (χ1) is 8.20. The third-order valence-electron chi connectivity index (χ3n) is 3.18. The van der Waals surface area contributed by atoms with E-state index in [4.69, 9.17) is 5.73 Å². The van der Waals surface area contributed by atoms with E-state index in [1.807, 2.05) is 10.8 Å². The van der Waals surface area contributed by atoms with Gasteiger partial charge in [0.2, 0.25) is 5.91 Å². The minimum atomic E-state index is -0.893. The summed E-state index contributed by atoms with van der Waals surface area (Å²) < 4.78 is 0. The predicted octanol–water partition coefficient (Wildman–Crippen LogP) is 1.12. The topological polar surface area (TPSA) is 66.6 Å². The maximum Gasteiger partial charge on any atom is 0.242 e. The summed E-state index contributed by atoms with van der Waals surface area (Å²) in [5.74, 6) is -0.136. The third kappa shape index (κ3) is 2.86. The number of thiophene rings is 1. The van der Waals surface area contributed by atoms with Crippen LogP contribution in [0.1, 0.15) is 30.9 Å². The minimum Gasteiger partial charge on any atom is -0.386 e. The van der Waals surface area contributed by atoms with Gasteiger partial charge >= 0.3 is 0 Å². The molecule has 4 nitrogen and oxygen atoms in total. The largest absolute Gasteiger partial charge is 0.386 e. The van der Waals surface area contributed by atoms with E-state index in [1.54, 1.807) is 11.0 Å². The number of carbonyl (C=O) groups is 1. The average Bonchev–Trinajstić information content (AvgIpc) is 2.91. The van der Waals surface area contributed by atoms with Crippen molar-refractivity contribution >= 4 is 17.2 Å².